The molecule has 1 N–H and O–H groups in total. The molecule has 3 aromatic rings. The third kappa shape index (κ3) is 3.08. The third-order valence-electron chi connectivity index (χ3n) is 3.87. The largest absolute Gasteiger partial charge is 0.431 e. The van der Waals surface area contributed by atoms with Crippen molar-refractivity contribution in [3.05, 3.63) is 71.4 Å². The van der Waals surface area contributed by atoms with Crippen molar-refractivity contribution < 1.29 is 14.0 Å². The van der Waals surface area contributed by atoms with Crippen molar-refractivity contribution in [2.45, 2.75) is 5.22 Å². The lowest BCUT2D eigenvalue weighted by molar-refractivity contribution is 0.0978. The van der Waals surface area contributed by atoms with Crippen LogP contribution in [0.15, 0.2) is 69.9 Å². The van der Waals surface area contributed by atoms with Crippen molar-refractivity contribution in [3.8, 4) is 0 Å². The van der Waals surface area contributed by atoms with Crippen molar-refractivity contribution in [1.82, 2.24) is 10.3 Å². The minimum Gasteiger partial charge on any atom is -0.431 e. The van der Waals surface area contributed by atoms with Crippen LogP contribution in [0.4, 0.5) is 0 Å². The molecule has 1 aliphatic carbocycles. The highest BCUT2D eigenvalue weighted by Crippen LogP contribution is 2.23. The number of hydrogen-bond donors (Lipinski definition) is 1. The van der Waals surface area contributed by atoms with E-state index in [0.29, 0.717) is 34.3 Å². The summed E-state index contributed by atoms with van der Waals surface area (Å²) in [6.45, 7) is 0.524. The lowest BCUT2D eigenvalue weighted by atomic mass is 9.93. The van der Waals surface area contributed by atoms with Gasteiger partial charge in [-0.2, -0.15) is 0 Å². The summed E-state index contributed by atoms with van der Waals surface area (Å²) in [7, 11) is 0. The highest BCUT2D eigenvalue weighted by Gasteiger charge is 2.24. The van der Waals surface area contributed by atoms with Crippen molar-refractivity contribution in [2.24, 2.45) is 0 Å². The highest BCUT2D eigenvalue weighted by molar-refractivity contribution is 7.99. The second-order valence-corrected chi connectivity index (χ2v) is 6.57. The molecule has 5 nitrogen and oxygen atoms in total. The zero-order chi connectivity index (χ0) is 17.2. The SMILES string of the molecule is O=C1C=C(NCCSc2nc3ccccc3o2)C(=O)c2ccccc21. The molecule has 0 saturated carbocycles. The first-order valence-electron chi connectivity index (χ1n) is 7.84. The van der Waals surface area contributed by atoms with E-state index in [2.05, 4.69) is 10.3 Å². The van der Waals surface area contributed by atoms with Crippen LogP contribution in [0.3, 0.4) is 0 Å². The third-order valence-corrected chi connectivity index (χ3v) is 4.70. The molecule has 0 radical (unpaired) electrons. The van der Waals surface area contributed by atoms with Gasteiger partial charge in [0.25, 0.3) is 5.22 Å². The number of carbonyl (C=O) groups excluding carboxylic acids is 2. The van der Waals surface area contributed by atoms with Gasteiger partial charge in [0.2, 0.25) is 5.78 Å². The van der Waals surface area contributed by atoms with E-state index in [1.807, 2.05) is 24.3 Å². The van der Waals surface area contributed by atoms with E-state index in [1.165, 1.54) is 17.8 Å². The van der Waals surface area contributed by atoms with Crippen LogP contribution < -0.4 is 5.32 Å². The van der Waals surface area contributed by atoms with E-state index in [1.54, 1.807) is 24.3 Å². The number of allylic oxidation sites excluding steroid dienone is 2. The molecule has 4 rings (SSSR count). The van der Waals surface area contributed by atoms with Gasteiger partial charge in [-0.15, -0.1) is 0 Å². The zero-order valence-electron chi connectivity index (χ0n) is 13.2. The van der Waals surface area contributed by atoms with E-state index < -0.39 is 0 Å². The van der Waals surface area contributed by atoms with Crippen LogP contribution in [-0.2, 0) is 0 Å². The van der Waals surface area contributed by atoms with Gasteiger partial charge in [0.05, 0.1) is 5.70 Å². The molecule has 0 fully saturated rings. The number of nitrogens with zero attached hydrogens (tertiary/aromatic N) is 1. The number of Topliss-reactive ketones (excluding diaryl/α,β-unsaturated/α-hetero) is 1. The predicted octanol–water partition coefficient (Wildman–Crippen LogP) is 3.47. The molecule has 1 heterocycles. The Morgan fingerprint density at radius 2 is 1.76 bits per heavy atom. The Kier molecular flexibility index (Phi) is 4.11. The number of carbonyl (C=O) groups is 2. The van der Waals surface area contributed by atoms with Crippen LogP contribution in [0.1, 0.15) is 20.7 Å². The van der Waals surface area contributed by atoms with Crippen molar-refractivity contribution in [3.63, 3.8) is 0 Å². The number of rotatable bonds is 5. The Labute approximate surface area is 148 Å². The molecule has 124 valence electrons. The van der Waals surface area contributed by atoms with Gasteiger partial charge in [-0.3, -0.25) is 9.59 Å². The molecule has 6 heteroatoms. The van der Waals surface area contributed by atoms with E-state index in [9.17, 15) is 9.59 Å². The fourth-order valence-electron chi connectivity index (χ4n) is 2.68. The lowest BCUT2D eigenvalue weighted by Gasteiger charge is -2.16. The zero-order valence-corrected chi connectivity index (χ0v) is 14.0. The maximum absolute atomic E-state index is 12.4. The first kappa shape index (κ1) is 15.7. The lowest BCUT2D eigenvalue weighted by Crippen LogP contribution is -2.28. The molecule has 25 heavy (non-hydrogen) atoms. The van der Waals surface area contributed by atoms with Crippen molar-refractivity contribution in [2.75, 3.05) is 12.3 Å². The van der Waals surface area contributed by atoms with Crippen molar-refractivity contribution >= 4 is 34.4 Å². The molecule has 0 unspecified atom stereocenters. The maximum Gasteiger partial charge on any atom is 0.256 e. The molecule has 1 aliphatic rings. The summed E-state index contributed by atoms with van der Waals surface area (Å²) in [5, 5.41) is 3.64. The van der Waals surface area contributed by atoms with Gasteiger partial charge in [-0.25, -0.2) is 4.98 Å². The smallest absolute Gasteiger partial charge is 0.256 e. The average molecular weight is 350 g/mol. The molecule has 0 spiro atoms. The monoisotopic (exact) mass is 350 g/mol. The summed E-state index contributed by atoms with van der Waals surface area (Å²) in [5.41, 5.74) is 2.82. The summed E-state index contributed by atoms with van der Waals surface area (Å²) in [6.07, 6.45) is 1.37. The summed E-state index contributed by atoms with van der Waals surface area (Å²) >= 11 is 1.46. The van der Waals surface area contributed by atoms with Gasteiger partial charge < -0.3 is 9.73 Å². The normalized spacial score (nSPS) is 13.7. The first-order valence-corrected chi connectivity index (χ1v) is 8.83. The molecule has 0 saturated heterocycles. The van der Waals surface area contributed by atoms with Gasteiger partial charge in [0.1, 0.15) is 5.52 Å². The van der Waals surface area contributed by atoms with Gasteiger partial charge in [-0.05, 0) is 12.1 Å². The number of hydrogen-bond acceptors (Lipinski definition) is 6. The Morgan fingerprint density at radius 1 is 1.00 bits per heavy atom. The van der Waals surface area contributed by atoms with Crippen LogP contribution in [0.2, 0.25) is 0 Å². The number of para-hydroxylation sites is 2. The Bertz CT molecular complexity index is 974. The molecule has 1 aromatic heterocycles. The number of oxazole rings is 1. The number of nitrogens with one attached hydrogen (secondary N) is 1. The standard InChI is InChI=1S/C19H14N2O3S/c22-16-11-15(18(23)13-6-2-1-5-12(13)16)20-9-10-25-19-21-14-7-3-4-8-17(14)24-19/h1-8,11,20H,9-10H2. The van der Waals surface area contributed by atoms with Gasteiger partial charge in [0.15, 0.2) is 11.4 Å². The second-order valence-electron chi connectivity index (χ2n) is 5.52. The highest BCUT2D eigenvalue weighted by atomic mass is 32.2. The van der Waals surface area contributed by atoms with E-state index >= 15 is 0 Å². The maximum atomic E-state index is 12.4. The van der Waals surface area contributed by atoms with Crippen LogP contribution in [-0.4, -0.2) is 28.8 Å². The average Bonchev–Trinajstić information content (AvgIpc) is 3.05. The number of ketones is 2. The first-order chi connectivity index (χ1) is 12.2. The molecule has 2 aromatic carbocycles. The molecule has 0 bridgehead atoms. The molecular weight excluding hydrogens is 336 g/mol. The van der Waals surface area contributed by atoms with Crippen LogP contribution >= 0.6 is 11.8 Å². The number of fused-ring (bicyclic) bond motifs is 2. The molecule has 0 amide bonds. The van der Waals surface area contributed by atoms with E-state index in [-0.39, 0.29) is 11.6 Å². The van der Waals surface area contributed by atoms with E-state index in [4.69, 9.17) is 4.42 Å². The fraction of sp³-hybridized carbons (Fsp3) is 0.105. The Hall–Kier alpha value is -2.86. The Balaban J connectivity index is 1.37. The summed E-state index contributed by atoms with van der Waals surface area (Å²) < 4.78 is 5.63. The fourth-order valence-corrected chi connectivity index (χ4v) is 3.37. The molecule has 0 atom stereocenters. The van der Waals surface area contributed by atoms with Gasteiger partial charge in [0, 0.05) is 29.5 Å². The minimum absolute atomic E-state index is 0.149. The number of benzene rings is 2. The number of thioether (sulfide) groups is 1. The van der Waals surface area contributed by atoms with Crippen LogP contribution in [0, 0.1) is 0 Å². The van der Waals surface area contributed by atoms with E-state index in [0.717, 1.165) is 11.1 Å². The summed E-state index contributed by atoms with van der Waals surface area (Å²) in [5.74, 6) is 0.360. The van der Waals surface area contributed by atoms with Crippen LogP contribution in [0.25, 0.3) is 11.1 Å². The predicted molar refractivity (Wildman–Crippen MR) is 95.9 cm³/mol. The van der Waals surface area contributed by atoms with Gasteiger partial charge in [-0.1, -0.05) is 48.2 Å². The number of aromatic nitrogens is 1. The van der Waals surface area contributed by atoms with Crippen LogP contribution in [0.5, 0.6) is 0 Å². The summed E-state index contributed by atoms with van der Waals surface area (Å²) in [6, 6.07) is 14.5. The second kappa shape index (κ2) is 6.57. The topological polar surface area (TPSA) is 72.2 Å². The van der Waals surface area contributed by atoms with Crippen molar-refractivity contribution in [1.29, 1.82) is 0 Å². The quantitative estimate of drug-likeness (QED) is 0.561. The molecule has 0 aliphatic heterocycles. The van der Waals surface area contributed by atoms with Gasteiger partial charge >= 0.3 is 0 Å². The minimum atomic E-state index is -0.151. The molecular formula is C19H14N2O3S. The summed E-state index contributed by atoms with van der Waals surface area (Å²) in [4.78, 5) is 28.9. The Morgan fingerprint density at radius 3 is 2.60 bits per heavy atom.